The molecule has 1 unspecified atom stereocenters. The highest BCUT2D eigenvalue weighted by Gasteiger charge is 2.48. The molecule has 1 aliphatic carbocycles. The third-order valence-corrected chi connectivity index (χ3v) is 8.06. The second-order valence-corrected chi connectivity index (χ2v) is 10.6. The van der Waals surface area contributed by atoms with E-state index in [-0.39, 0.29) is 12.2 Å². The van der Waals surface area contributed by atoms with Gasteiger partial charge in [-0.2, -0.15) is 0 Å². The summed E-state index contributed by atoms with van der Waals surface area (Å²) < 4.78 is 0. The van der Waals surface area contributed by atoms with Gasteiger partial charge in [0, 0.05) is 37.3 Å². The molecule has 0 aromatic heterocycles. The normalized spacial score (nSPS) is 23.1. The number of nitrogens with one attached hydrogen (secondary N) is 2. The molecule has 2 heterocycles. The van der Waals surface area contributed by atoms with Crippen LogP contribution < -0.4 is 10.6 Å². The van der Waals surface area contributed by atoms with Crippen LogP contribution in [0.5, 0.6) is 0 Å². The molecule has 2 aliphatic heterocycles. The molecule has 35 heavy (non-hydrogen) atoms. The number of nitrogens with zero attached hydrogens (tertiary/aromatic N) is 1. The first-order valence-corrected chi connectivity index (χ1v) is 13.0. The summed E-state index contributed by atoms with van der Waals surface area (Å²) in [4.78, 5) is 41.2. The minimum Gasteiger partial charge on any atom is -0.349 e. The van der Waals surface area contributed by atoms with Crippen LogP contribution in [0, 0.1) is 5.92 Å². The van der Waals surface area contributed by atoms with Gasteiger partial charge in [-0.25, -0.2) is 0 Å². The maximum Gasteiger partial charge on any atom is 0.244 e. The van der Waals surface area contributed by atoms with Crippen molar-refractivity contribution in [1.82, 2.24) is 10.2 Å². The van der Waals surface area contributed by atoms with E-state index in [2.05, 4.69) is 39.8 Å². The Morgan fingerprint density at radius 1 is 0.943 bits per heavy atom. The molecule has 1 atom stereocenters. The highest BCUT2D eigenvalue weighted by atomic mass is 16.2. The van der Waals surface area contributed by atoms with Crippen molar-refractivity contribution >= 4 is 23.3 Å². The molecule has 1 spiro atoms. The molecule has 2 aromatic carbocycles. The molecule has 6 heteroatoms. The second kappa shape index (κ2) is 10.3. The van der Waals surface area contributed by atoms with Gasteiger partial charge in [0.1, 0.15) is 0 Å². The summed E-state index contributed by atoms with van der Waals surface area (Å²) in [5.41, 5.74) is 2.66. The van der Waals surface area contributed by atoms with E-state index in [4.69, 9.17) is 0 Å². The van der Waals surface area contributed by atoms with Crippen molar-refractivity contribution in [3.8, 4) is 0 Å². The number of carbonyl (C=O) groups is 3. The Morgan fingerprint density at radius 3 is 2.29 bits per heavy atom. The Balaban J connectivity index is 1.16. The van der Waals surface area contributed by atoms with Crippen molar-refractivity contribution in [2.75, 3.05) is 18.4 Å². The number of anilines is 1. The lowest BCUT2D eigenvalue weighted by Crippen LogP contribution is -2.63. The third-order valence-electron chi connectivity index (χ3n) is 8.06. The highest BCUT2D eigenvalue weighted by Crippen LogP contribution is 2.34. The Morgan fingerprint density at radius 2 is 1.63 bits per heavy atom. The van der Waals surface area contributed by atoms with Crippen molar-refractivity contribution in [2.24, 2.45) is 5.92 Å². The van der Waals surface area contributed by atoms with Crippen LogP contribution in [0.4, 0.5) is 5.69 Å². The van der Waals surface area contributed by atoms with Gasteiger partial charge >= 0.3 is 0 Å². The zero-order valence-corrected chi connectivity index (χ0v) is 20.3. The fourth-order valence-electron chi connectivity index (χ4n) is 6.00. The molecule has 5 rings (SSSR count). The molecule has 0 bridgehead atoms. The number of ketones is 1. The number of rotatable bonds is 5. The maximum absolute atomic E-state index is 13.0. The summed E-state index contributed by atoms with van der Waals surface area (Å²) in [6.07, 6.45) is 7.94. The van der Waals surface area contributed by atoms with Crippen LogP contribution in [0.3, 0.4) is 0 Å². The zero-order chi connectivity index (χ0) is 24.3. The van der Waals surface area contributed by atoms with E-state index in [1.165, 1.54) is 43.2 Å². The van der Waals surface area contributed by atoms with Crippen LogP contribution in [0.25, 0.3) is 0 Å². The van der Waals surface area contributed by atoms with E-state index >= 15 is 0 Å². The van der Waals surface area contributed by atoms with Crippen LogP contribution in [0.15, 0.2) is 54.6 Å². The number of likely N-dealkylation sites (tertiary alicyclic amines) is 1. The van der Waals surface area contributed by atoms with Crippen molar-refractivity contribution in [3.05, 3.63) is 65.7 Å². The van der Waals surface area contributed by atoms with Crippen LogP contribution >= 0.6 is 0 Å². The maximum atomic E-state index is 13.0. The van der Waals surface area contributed by atoms with Gasteiger partial charge in [-0.05, 0) is 54.9 Å². The molecular formula is C29H35N3O3. The summed E-state index contributed by atoms with van der Waals surface area (Å²) >= 11 is 0. The number of carbonyl (C=O) groups excluding carboxylic acids is 3. The summed E-state index contributed by atoms with van der Waals surface area (Å²) in [6, 6.07) is 18.2. The fraction of sp³-hybridized carbons (Fsp3) is 0.483. The van der Waals surface area contributed by atoms with Crippen LogP contribution in [0.1, 0.15) is 68.4 Å². The smallest absolute Gasteiger partial charge is 0.244 e. The molecule has 6 nitrogen and oxygen atoms in total. The number of amides is 2. The quantitative estimate of drug-likeness (QED) is 0.631. The minimum absolute atomic E-state index is 0.219. The molecule has 3 aliphatic rings. The molecule has 1 saturated carbocycles. The minimum atomic E-state index is -1.28. The van der Waals surface area contributed by atoms with Crippen molar-refractivity contribution in [1.29, 1.82) is 0 Å². The molecule has 0 radical (unpaired) electrons. The summed E-state index contributed by atoms with van der Waals surface area (Å²) in [5, 5.41) is 5.87. The first kappa shape index (κ1) is 23.7. The monoisotopic (exact) mass is 473 g/mol. The van der Waals surface area contributed by atoms with E-state index in [0.717, 1.165) is 19.6 Å². The number of benzene rings is 2. The Kier molecular flexibility index (Phi) is 7.00. The van der Waals surface area contributed by atoms with E-state index in [1.54, 1.807) is 0 Å². The van der Waals surface area contributed by atoms with Gasteiger partial charge in [0.15, 0.2) is 11.7 Å². The fourth-order valence-corrected chi connectivity index (χ4v) is 6.00. The predicted octanol–water partition coefficient (Wildman–Crippen LogP) is 4.41. The van der Waals surface area contributed by atoms with Crippen LogP contribution in [-0.2, 0) is 20.9 Å². The molecule has 3 fully saturated rings. The topological polar surface area (TPSA) is 78.5 Å². The van der Waals surface area contributed by atoms with Gasteiger partial charge in [-0.3, -0.25) is 19.3 Å². The average molecular weight is 474 g/mol. The Hall–Kier alpha value is -2.99. The highest BCUT2D eigenvalue weighted by molar-refractivity contribution is 6.22. The van der Waals surface area contributed by atoms with Crippen LogP contribution in [0.2, 0.25) is 0 Å². The number of hydrogen-bond donors (Lipinski definition) is 2. The van der Waals surface area contributed by atoms with Gasteiger partial charge in [0.25, 0.3) is 0 Å². The Bertz CT molecular complexity index is 1030. The third kappa shape index (κ3) is 5.48. The molecule has 2 N–H and O–H groups in total. The molecular weight excluding hydrogens is 438 g/mol. The standard InChI is InChI=1S/C29H35N3O3/c33-25-19-29(15-17-32(18-16-29)20-21-7-3-1-4-8-21)31-28(35)26(25)27(34)30-24-13-11-23(12-14-24)22-9-5-2-6-10-22/h1,3-4,7-8,11-14,22,26H,2,5-6,9-10,15-20H2,(H,30,34)(H,31,35). The van der Waals surface area contributed by atoms with Crippen LogP contribution in [-0.4, -0.2) is 41.1 Å². The predicted molar refractivity (Wildman–Crippen MR) is 136 cm³/mol. The van der Waals surface area contributed by atoms with Crippen molar-refractivity contribution < 1.29 is 14.4 Å². The number of piperidine rings is 2. The van der Waals surface area contributed by atoms with Gasteiger partial charge in [-0.15, -0.1) is 0 Å². The van der Waals surface area contributed by atoms with Gasteiger partial charge in [-0.1, -0.05) is 61.7 Å². The van der Waals surface area contributed by atoms with Crippen molar-refractivity contribution in [2.45, 2.75) is 69.4 Å². The molecule has 2 aromatic rings. The number of hydrogen-bond acceptors (Lipinski definition) is 4. The number of Topliss-reactive ketones (excluding diaryl/α,β-unsaturated/α-hetero) is 1. The lowest BCUT2D eigenvalue weighted by molar-refractivity contribution is -0.146. The van der Waals surface area contributed by atoms with E-state index in [9.17, 15) is 14.4 Å². The van der Waals surface area contributed by atoms with Gasteiger partial charge in [0.05, 0.1) is 0 Å². The van der Waals surface area contributed by atoms with E-state index < -0.39 is 23.3 Å². The van der Waals surface area contributed by atoms with Crippen molar-refractivity contribution in [3.63, 3.8) is 0 Å². The Labute approximate surface area is 207 Å². The molecule has 2 saturated heterocycles. The summed E-state index contributed by atoms with van der Waals surface area (Å²) in [6.45, 7) is 2.49. The largest absolute Gasteiger partial charge is 0.349 e. The first-order valence-electron chi connectivity index (χ1n) is 13.0. The molecule has 184 valence electrons. The summed E-state index contributed by atoms with van der Waals surface area (Å²) in [5.74, 6) is -1.96. The molecule has 2 amide bonds. The second-order valence-electron chi connectivity index (χ2n) is 10.6. The summed E-state index contributed by atoms with van der Waals surface area (Å²) in [7, 11) is 0. The van der Waals surface area contributed by atoms with Gasteiger partial charge in [0.2, 0.25) is 11.8 Å². The lowest BCUT2D eigenvalue weighted by atomic mass is 9.76. The zero-order valence-electron chi connectivity index (χ0n) is 20.3. The van der Waals surface area contributed by atoms with Gasteiger partial charge < -0.3 is 10.6 Å². The van der Waals surface area contributed by atoms with E-state index in [0.29, 0.717) is 24.4 Å². The SMILES string of the molecule is O=C1CC2(CCN(Cc3ccccc3)CC2)NC(=O)C1C(=O)Nc1ccc(C2CCCCC2)cc1. The lowest BCUT2D eigenvalue weighted by Gasteiger charge is -2.45. The first-order chi connectivity index (χ1) is 17.0. The van der Waals surface area contributed by atoms with E-state index in [1.807, 2.05) is 30.3 Å². The average Bonchev–Trinajstić information content (AvgIpc) is 2.87.